The average Bonchev–Trinajstić information content (AvgIpc) is 2.93. The van der Waals surface area contributed by atoms with Crippen LogP contribution in [-0.4, -0.2) is 16.7 Å². The molecule has 6 heteroatoms. The van der Waals surface area contributed by atoms with E-state index in [1.165, 1.54) is 6.07 Å². The number of halogens is 2. The van der Waals surface area contributed by atoms with Crippen molar-refractivity contribution in [3.8, 4) is 0 Å². The molecule has 2 aromatic rings. The van der Waals surface area contributed by atoms with E-state index >= 15 is 0 Å². The molecule has 0 bridgehead atoms. The second-order valence-corrected chi connectivity index (χ2v) is 4.82. The average molecular weight is 295 g/mol. The molecule has 0 radical (unpaired) electrons. The zero-order valence-corrected chi connectivity index (χ0v) is 12.3. The Morgan fingerprint density at radius 1 is 1.19 bits per heavy atom. The molecule has 1 aromatic carbocycles. The summed E-state index contributed by atoms with van der Waals surface area (Å²) in [7, 11) is 0. The van der Waals surface area contributed by atoms with Crippen molar-refractivity contribution in [2.45, 2.75) is 39.7 Å². The zero-order valence-electron chi connectivity index (χ0n) is 12.3. The van der Waals surface area contributed by atoms with Gasteiger partial charge in [-0.3, -0.25) is 0 Å². The summed E-state index contributed by atoms with van der Waals surface area (Å²) in [6.45, 7) is 5.06. The van der Waals surface area contributed by atoms with Crippen LogP contribution in [-0.2, 0) is 13.0 Å². The van der Waals surface area contributed by atoms with Crippen molar-refractivity contribution >= 4 is 5.69 Å². The number of anilines is 1. The fourth-order valence-corrected chi connectivity index (χ4v) is 2.02. The first-order valence-electron chi connectivity index (χ1n) is 7.15. The van der Waals surface area contributed by atoms with Gasteiger partial charge in [0.25, 0.3) is 0 Å². The molecule has 0 amide bonds. The van der Waals surface area contributed by atoms with Crippen molar-refractivity contribution in [1.82, 2.24) is 10.1 Å². The van der Waals surface area contributed by atoms with E-state index in [9.17, 15) is 8.78 Å². The van der Waals surface area contributed by atoms with Gasteiger partial charge >= 0.3 is 0 Å². The molecule has 0 aliphatic carbocycles. The van der Waals surface area contributed by atoms with Crippen LogP contribution >= 0.6 is 0 Å². The standard InChI is InChI=1S/C15H19F2N3O/c1-3-5-6-15-18-14(19-21-15)10-20(4-2)11-7-8-12(16)13(17)9-11/h7-9H,3-6,10H2,1-2H3. The van der Waals surface area contributed by atoms with Crippen LogP contribution in [0.3, 0.4) is 0 Å². The van der Waals surface area contributed by atoms with Crippen LogP contribution < -0.4 is 4.90 Å². The monoisotopic (exact) mass is 295 g/mol. The van der Waals surface area contributed by atoms with E-state index in [-0.39, 0.29) is 0 Å². The number of aryl methyl sites for hydroxylation is 1. The molecule has 0 aliphatic rings. The van der Waals surface area contributed by atoms with E-state index in [0.29, 0.717) is 30.5 Å². The van der Waals surface area contributed by atoms with Gasteiger partial charge in [-0.15, -0.1) is 0 Å². The molecule has 1 heterocycles. The first-order chi connectivity index (χ1) is 10.1. The van der Waals surface area contributed by atoms with E-state index in [4.69, 9.17) is 4.52 Å². The van der Waals surface area contributed by atoms with Crippen LogP contribution in [0.2, 0.25) is 0 Å². The molecule has 2 rings (SSSR count). The summed E-state index contributed by atoms with van der Waals surface area (Å²) in [4.78, 5) is 6.17. The third-order valence-electron chi connectivity index (χ3n) is 3.24. The summed E-state index contributed by atoms with van der Waals surface area (Å²) >= 11 is 0. The number of unbranched alkanes of at least 4 members (excludes halogenated alkanes) is 1. The highest BCUT2D eigenvalue weighted by atomic mass is 19.2. The number of hydrogen-bond donors (Lipinski definition) is 0. The summed E-state index contributed by atoms with van der Waals surface area (Å²) in [6.07, 6.45) is 2.83. The Morgan fingerprint density at radius 3 is 2.67 bits per heavy atom. The summed E-state index contributed by atoms with van der Waals surface area (Å²) in [5.74, 6) is -0.542. The maximum Gasteiger partial charge on any atom is 0.226 e. The normalized spacial score (nSPS) is 10.9. The van der Waals surface area contributed by atoms with Crippen molar-refractivity contribution < 1.29 is 13.3 Å². The Morgan fingerprint density at radius 2 is 2.00 bits per heavy atom. The van der Waals surface area contributed by atoms with Gasteiger partial charge in [0.2, 0.25) is 5.89 Å². The van der Waals surface area contributed by atoms with Crippen molar-refractivity contribution in [1.29, 1.82) is 0 Å². The highest BCUT2D eigenvalue weighted by Crippen LogP contribution is 2.19. The van der Waals surface area contributed by atoms with Crippen LogP contribution in [0.15, 0.2) is 22.7 Å². The molecule has 21 heavy (non-hydrogen) atoms. The highest BCUT2D eigenvalue weighted by Gasteiger charge is 2.13. The van der Waals surface area contributed by atoms with Gasteiger partial charge in [0.05, 0.1) is 6.54 Å². The maximum atomic E-state index is 13.3. The molecule has 0 aliphatic heterocycles. The molecule has 114 valence electrons. The Balaban J connectivity index is 2.07. The lowest BCUT2D eigenvalue weighted by Crippen LogP contribution is -2.23. The first kappa shape index (κ1) is 15.4. The molecule has 4 nitrogen and oxygen atoms in total. The van der Waals surface area contributed by atoms with Crippen molar-refractivity contribution in [2.24, 2.45) is 0 Å². The third kappa shape index (κ3) is 4.00. The van der Waals surface area contributed by atoms with Gasteiger partial charge in [-0.25, -0.2) is 8.78 Å². The van der Waals surface area contributed by atoms with Crippen LogP contribution in [0.4, 0.5) is 14.5 Å². The van der Waals surface area contributed by atoms with Crippen molar-refractivity contribution in [3.63, 3.8) is 0 Å². The smallest absolute Gasteiger partial charge is 0.226 e. The van der Waals surface area contributed by atoms with Gasteiger partial charge in [0.15, 0.2) is 17.5 Å². The van der Waals surface area contributed by atoms with Crippen LogP contribution in [0.5, 0.6) is 0 Å². The minimum absolute atomic E-state index is 0.400. The summed E-state index contributed by atoms with van der Waals surface area (Å²) in [5.41, 5.74) is 0.594. The van der Waals surface area contributed by atoms with Gasteiger partial charge in [-0.1, -0.05) is 18.5 Å². The summed E-state index contributed by atoms with van der Waals surface area (Å²) < 4.78 is 31.5. The van der Waals surface area contributed by atoms with Crippen LogP contribution in [0.1, 0.15) is 38.4 Å². The molecule has 0 saturated heterocycles. The summed E-state index contributed by atoms with van der Waals surface area (Å²) in [5, 5.41) is 3.93. The van der Waals surface area contributed by atoms with Gasteiger partial charge in [0, 0.05) is 24.7 Å². The maximum absolute atomic E-state index is 13.3. The summed E-state index contributed by atoms with van der Waals surface area (Å²) in [6, 6.07) is 3.84. The van der Waals surface area contributed by atoms with Crippen molar-refractivity contribution in [2.75, 3.05) is 11.4 Å². The molecular weight excluding hydrogens is 276 g/mol. The van der Waals surface area contributed by atoms with Crippen LogP contribution in [0, 0.1) is 11.6 Å². The van der Waals surface area contributed by atoms with Gasteiger partial charge in [0.1, 0.15) is 0 Å². The Labute approximate surface area is 122 Å². The van der Waals surface area contributed by atoms with Gasteiger partial charge in [-0.05, 0) is 25.5 Å². The number of rotatable bonds is 7. The molecule has 0 atom stereocenters. The molecule has 0 N–H and O–H groups in total. The van der Waals surface area contributed by atoms with Crippen molar-refractivity contribution in [3.05, 3.63) is 41.5 Å². The number of aromatic nitrogens is 2. The number of benzene rings is 1. The fourth-order valence-electron chi connectivity index (χ4n) is 2.02. The lowest BCUT2D eigenvalue weighted by Gasteiger charge is -2.21. The highest BCUT2D eigenvalue weighted by molar-refractivity contribution is 5.46. The van der Waals surface area contributed by atoms with E-state index < -0.39 is 11.6 Å². The lowest BCUT2D eigenvalue weighted by atomic mass is 10.2. The molecule has 0 unspecified atom stereocenters. The molecule has 0 spiro atoms. The van der Waals surface area contributed by atoms with Gasteiger partial charge < -0.3 is 9.42 Å². The lowest BCUT2D eigenvalue weighted by molar-refractivity contribution is 0.369. The zero-order chi connectivity index (χ0) is 15.2. The topological polar surface area (TPSA) is 42.2 Å². The molecule has 0 fully saturated rings. The Bertz CT molecular complexity index is 586. The van der Waals surface area contributed by atoms with Crippen LogP contribution in [0.25, 0.3) is 0 Å². The predicted octanol–water partition coefficient (Wildman–Crippen LogP) is 3.72. The van der Waals surface area contributed by atoms with E-state index in [2.05, 4.69) is 17.1 Å². The minimum Gasteiger partial charge on any atom is -0.364 e. The van der Waals surface area contributed by atoms with E-state index in [1.807, 2.05) is 11.8 Å². The third-order valence-corrected chi connectivity index (χ3v) is 3.24. The minimum atomic E-state index is -0.859. The Hall–Kier alpha value is -1.98. The van der Waals surface area contributed by atoms with Gasteiger partial charge in [-0.2, -0.15) is 4.98 Å². The number of hydrogen-bond acceptors (Lipinski definition) is 4. The number of nitrogens with zero attached hydrogens (tertiary/aromatic N) is 3. The second kappa shape index (κ2) is 7.15. The van der Waals surface area contributed by atoms with E-state index in [0.717, 1.165) is 25.3 Å². The quantitative estimate of drug-likeness (QED) is 0.781. The Kier molecular flexibility index (Phi) is 5.25. The first-order valence-corrected chi connectivity index (χ1v) is 7.15. The fraction of sp³-hybridized carbons (Fsp3) is 0.467. The molecular formula is C15H19F2N3O. The van der Waals surface area contributed by atoms with E-state index in [1.54, 1.807) is 6.07 Å². The molecule has 1 aromatic heterocycles. The SMILES string of the molecule is CCCCc1nc(CN(CC)c2ccc(F)c(F)c2)no1. The second-order valence-electron chi connectivity index (χ2n) is 4.82. The predicted molar refractivity (Wildman–Crippen MR) is 76.0 cm³/mol. The largest absolute Gasteiger partial charge is 0.364 e. The molecule has 0 saturated carbocycles.